The van der Waals surface area contributed by atoms with Crippen LogP contribution in [0.4, 0.5) is 0 Å². The van der Waals surface area contributed by atoms with Crippen LogP contribution in [0.1, 0.15) is 25.1 Å². The summed E-state index contributed by atoms with van der Waals surface area (Å²) < 4.78 is 27.0. The lowest BCUT2D eigenvalue weighted by atomic mass is 10.3. The average Bonchev–Trinajstić information content (AvgIpc) is 3.06. The van der Waals surface area contributed by atoms with Crippen LogP contribution in [0.3, 0.4) is 0 Å². The van der Waals surface area contributed by atoms with Gasteiger partial charge in [-0.15, -0.1) is 11.3 Å². The van der Waals surface area contributed by atoms with Crippen molar-refractivity contribution in [3.63, 3.8) is 0 Å². The van der Waals surface area contributed by atoms with Gasteiger partial charge in [0, 0.05) is 36.3 Å². The van der Waals surface area contributed by atoms with Gasteiger partial charge in [0.1, 0.15) is 0 Å². The lowest BCUT2D eigenvalue weighted by Crippen LogP contribution is -2.37. The van der Waals surface area contributed by atoms with Crippen LogP contribution < -0.4 is 5.32 Å². The molecule has 0 amide bonds. The van der Waals surface area contributed by atoms with Crippen molar-refractivity contribution in [1.29, 1.82) is 0 Å². The summed E-state index contributed by atoms with van der Waals surface area (Å²) in [5.74, 6) is 1.95. The van der Waals surface area contributed by atoms with Crippen molar-refractivity contribution in [3.8, 4) is 0 Å². The number of rotatable bonds is 6. The van der Waals surface area contributed by atoms with Gasteiger partial charge in [0.25, 0.3) is 0 Å². The Morgan fingerprint density at radius 1 is 1.50 bits per heavy atom. The fourth-order valence-electron chi connectivity index (χ4n) is 2.14. The molecule has 4 nitrogen and oxygen atoms in total. The van der Waals surface area contributed by atoms with E-state index in [9.17, 15) is 8.42 Å². The molecule has 0 aromatic carbocycles. The van der Waals surface area contributed by atoms with Crippen molar-refractivity contribution >= 4 is 33.1 Å². The van der Waals surface area contributed by atoms with Crippen LogP contribution in [0.15, 0.2) is 16.3 Å². The zero-order valence-electron chi connectivity index (χ0n) is 12.1. The second kappa shape index (κ2) is 6.79. The standard InChI is InChI=1S/C13H22N2O2S3/c1-10(2)14-8-12-13(5-7-19-12)20(16,17)15(3)11-4-6-18-9-11/h5,7,10-11,14H,4,6,8-9H2,1-3H3. The van der Waals surface area contributed by atoms with Crippen molar-refractivity contribution in [2.75, 3.05) is 18.6 Å². The zero-order chi connectivity index (χ0) is 14.8. The number of nitrogens with one attached hydrogen (secondary N) is 1. The summed E-state index contributed by atoms with van der Waals surface area (Å²) in [7, 11) is -1.66. The van der Waals surface area contributed by atoms with Crippen molar-refractivity contribution in [2.24, 2.45) is 0 Å². The van der Waals surface area contributed by atoms with Gasteiger partial charge in [0.2, 0.25) is 10.0 Å². The molecule has 1 aromatic rings. The van der Waals surface area contributed by atoms with Gasteiger partial charge in [-0.1, -0.05) is 13.8 Å². The van der Waals surface area contributed by atoms with E-state index in [1.165, 1.54) is 11.3 Å². The maximum atomic E-state index is 12.7. The summed E-state index contributed by atoms with van der Waals surface area (Å²) >= 11 is 3.33. The van der Waals surface area contributed by atoms with E-state index >= 15 is 0 Å². The summed E-state index contributed by atoms with van der Waals surface area (Å²) in [5, 5.41) is 5.15. The van der Waals surface area contributed by atoms with E-state index in [1.807, 2.05) is 17.1 Å². The second-order valence-electron chi connectivity index (χ2n) is 5.28. The SMILES string of the molecule is CC(C)NCc1sccc1S(=O)(=O)N(C)C1CCSC1. The number of thioether (sulfide) groups is 1. The Bertz CT molecular complexity index is 534. The van der Waals surface area contributed by atoms with Crippen LogP contribution in [0.5, 0.6) is 0 Å². The van der Waals surface area contributed by atoms with Crippen molar-refractivity contribution in [1.82, 2.24) is 9.62 Å². The van der Waals surface area contributed by atoms with E-state index in [2.05, 4.69) is 19.2 Å². The van der Waals surface area contributed by atoms with Gasteiger partial charge in [0.05, 0.1) is 4.90 Å². The number of hydrogen-bond donors (Lipinski definition) is 1. The minimum Gasteiger partial charge on any atom is -0.310 e. The van der Waals surface area contributed by atoms with Gasteiger partial charge in [-0.2, -0.15) is 16.1 Å². The summed E-state index contributed by atoms with van der Waals surface area (Å²) in [5.41, 5.74) is 0. The van der Waals surface area contributed by atoms with Crippen LogP contribution in [-0.4, -0.2) is 43.4 Å². The number of hydrogen-bond acceptors (Lipinski definition) is 5. The van der Waals surface area contributed by atoms with Crippen molar-refractivity contribution < 1.29 is 8.42 Å². The lowest BCUT2D eigenvalue weighted by molar-refractivity contribution is 0.394. The second-order valence-corrected chi connectivity index (χ2v) is 9.40. The number of thiophene rings is 1. The molecule has 1 fully saturated rings. The van der Waals surface area contributed by atoms with Crippen molar-refractivity contribution in [2.45, 2.75) is 43.8 Å². The third-order valence-corrected chi connectivity index (χ3v) is 7.64. The van der Waals surface area contributed by atoms with E-state index in [1.54, 1.807) is 17.4 Å². The molecule has 0 spiro atoms. The Morgan fingerprint density at radius 2 is 2.25 bits per heavy atom. The number of sulfonamides is 1. The Hall–Kier alpha value is -0.0800. The third-order valence-electron chi connectivity index (χ3n) is 3.45. The fourth-order valence-corrected chi connectivity index (χ4v) is 6.26. The topological polar surface area (TPSA) is 49.4 Å². The minimum absolute atomic E-state index is 0.135. The molecule has 1 aromatic heterocycles. The first kappa shape index (κ1) is 16.3. The van der Waals surface area contributed by atoms with Gasteiger partial charge in [0.15, 0.2) is 0 Å². The Labute approximate surface area is 130 Å². The van der Waals surface area contributed by atoms with Crippen LogP contribution in [0, 0.1) is 0 Å². The van der Waals surface area contributed by atoms with Crippen molar-refractivity contribution in [3.05, 3.63) is 16.3 Å². The van der Waals surface area contributed by atoms with Gasteiger partial charge in [-0.25, -0.2) is 8.42 Å². The molecule has 1 aliphatic heterocycles. The first-order chi connectivity index (χ1) is 9.43. The van der Waals surface area contributed by atoms with E-state index < -0.39 is 10.0 Å². The Morgan fingerprint density at radius 3 is 2.85 bits per heavy atom. The van der Waals surface area contributed by atoms with Crippen LogP contribution in [0.25, 0.3) is 0 Å². The summed E-state index contributed by atoms with van der Waals surface area (Å²) in [6, 6.07) is 2.21. The molecule has 0 aliphatic carbocycles. The predicted octanol–water partition coefficient (Wildman–Crippen LogP) is 2.37. The Kier molecular flexibility index (Phi) is 5.53. The maximum absolute atomic E-state index is 12.7. The van der Waals surface area contributed by atoms with Gasteiger partial charge < -0.3 is 5.32 Å². The maximum Gasteiger partial charge on any atom is 0.244 e. The van der Waals surface area contributed by atoms with Gasteiger partial charge in [-0.05, 0) is 23.6 Å². The zero-order valence-corrected chi connectivity index (χ0v) is 14.6. The van der Waals surface area contributed by atoms with Gasteiger partial charge >= 0.3 is 0 Å². The molecular weight excluding hydrogens is 312 g/mol. The summed E-state index contributed by atoms with van der Waals surface area (Å²) in [6.45, 7) is 4.73. The highest BCUT2D eigenvalue weighted by Gasteiger charge is 2.32. The molecular formula is C13H22N2O2S3. The molecule has 7 heteroatoms. The molecule has 2 heterocycles. The van der Waals surface area contributed by atoms with E-state index in [-0.39, 0.29) is 6.04 Å². The molecule has 114 valence electrons. The smallest absolute Gasteiger partial charge is 0.244 e. The summed E-state index contributed by atoms with van der Waals surface area (Å²) in [6.07, 6.45) is 0.949. The average molecular weight is 335 g/mol. The molecule has 0 bridgehead atoms. The molecule has 0 radical (unpaired) electrons. The van der Waals surface area contributed by atoms with E-state index in [0.29, 0.717) is 17.5 Å². The lowest BCUT2D eigenvalue weighted by Gasteiger charge is -2.23. The van der Waals surface area contributed by atoms with E-state index in [0.717, 1.165) is 22.8 Å². The molecule has 0 saturated carbocycles. The summed E-state index contributed by atoms with van der Waals surface area (Å²) in [4.78, 5) is 1.37. The fraction of sp³-hybridized carbons (Fsp3) is 0.692. The predicted molar refractivity (Wildman–Crippen MR) is 87.0 cm³/mol. The largest absolute Gasteiger partial charge is 0.310 e. The highest BCUT2D eigenvalue weighted by atomic mass is 32.2. The quantitative estimate of drug-likeness (QED) is 0.868. The Balaban J connectivity index is 2.18. The normalized spacial score (nSPS) is 20.1. The minimum atomic E-state index is -3.37. The van der Waals surface area contributed by atoms with Crippen LogP contribution >= 0.6 is 23.1 Å². The first-order valence-corrected chi connectivity index (χ1v) is 10.3. The highest BCUT2D eigenvalue weighted by Crippen LogP contribution is 2.29. The van der Waals surface area contributed by atoms with E-state index in [4.69, 9.17) is 0 Å². The van der Waals surface area contributed by atoms with Crippen LogP contribution in [-0.2, 0) is 16.6 Å². The molecule has 20 heavy (non-hydrogen) atoms. The first-order valence-electron chi connectivity index (χ1n) is 6.78. The molecule has 1 saturated heterocycles. The van der Waals surface area contributed by atoms with Crippen LogP contribution in [0.2, 0.25) is 0 Å². The number of nitrogens with zero attached hydrogens (tertiary/aromatic N) is 1. The molecule has 1 unspecified atom stereocenters. The third kappa shape index (κ3) is 3.57. The van der Waals surface area contributed by atoms with Gasteiger partial charge in [-0.3, -0.25) is 0 Å². The molecule has 1 atom stereocenters. The highest BCUT2D eigenvalue weighted by molar-refractivity contribution is 7.99. The molecule has 2 rings (SSSR count). The molecule has 1 N–H and O–H groups in total. The molecule has 1 aliphatic rings. The monoisotopic (exact) mass is 334 g/mol.